The molecule has 0 atom stereocenters. The molecule has 0 fully saturated rings. The highest BCUT2D eigenvalue weighted by Crippen LogP contribution is 2.28. The van der Waals surface area contributed by atoms with E-state index in [-0.39, 0.29) is 5.78 Å². The summed E-state index contributed by atoms with van der Waals surface area (Å²) in [7, 11) is 0. The molecule has 0 aliphatic heterocycles. The number of hydrogen-bond acceptors (Lipinski definition) is 6. The number of pyridine rings is 1. The zero-order chi connectivity index (χ0) is 12.3. The summed E-state index contributed by atoms with van der Waals surface area (Å²) in [6, 6.07) is 3.64. The van der Waals surface area contributed by atoms with Gasteiger partial charge in [-0.15, -0.1) is 0 Å². The molecule has 0 saturated heterocycles. The second-order valence-electron chi connectivity index (χ2n) is 3.37. The number of ketones is 1. The Morgan fingerprint density at radius 2 is 2.29 bits per heavy atom. The molecule has 0 radical (unpaired) electrons. The van der Waals surface area contributed by atoms with Gasteiger partial charge in [-0.25, -0.2) is 4.98 Å². The molecule has 2 rings (SSSR count). The van der Waals surface area contributed by atoms with Gasteiger partial charge in [0.05, 0.1) is 0 Å². The number of nitrogens with zero attached hydrogens (tertiary/aromatic N) is 3. The maximum Gasteiger partial charge on any atom is 0.180 e. The number of carbonyl (C=O) groups excluding carboxylic acids is 1. The first-order chi connectivity index (χ1) is 8.19. The molecule has 2 aromatic rings. The van der Waals surface area contributed by atoms with Crippen LogP contribution in [0.15, 0.2) is 27.6 Å². The van der Waals surface area contributed by atoms with Gasteiger partial charge in [0.1, 0.15) is 11.5 Å². The van der Waals surface area contributed by atoms with Crippen molar-refractivity contribution < 1.29 is 4.79 Å². The Balaban J connectivity index is 2.10. The highest BCUT2D eigenvalue weighted by molar-refractivity contribution is 8.01. The van der Waals surface area contributed by atoms with E-state index >= 15 is 0 Å². The van der Waals surface area contributed by atoms with Crippen molar-refractivity contribution in [3.05, 3.63) is 29.8 Å². The Hall–Kier alpha value is -1.27. The van der Waals surface area contributed by atoms with Crippen LogP contribution < -0.4 is 0 Å². The smallest absolute Gasteiger partial charge is 0.180 e. The minimum Gasteiger partial charge on any atom is -0.292 e. The Morgan fingerprint density at radius 1 is 1.47 bits per heavy atom. The summed E-state index contributed by atoms with van der Waals surface area (Å²) in [6.45, 7) is 3.69. The van der Waals surface area contributed by atoms with E-state index in [4.69, 9.17) is 0 Å². The predicted molar refractivity (Wildman–Crippen MR) is 67.6 cm³/mol. The van der Waals surface area contributed by atoms with Crippen LogP contribution in [0.25, 0.3) is 0 Å². The topological polar surface area (TPSA) is 55.7 Å². The number of aryl methyl sites for hydroxylation is 1. The minimum absolute atomic E-state index is 0.0632. The molecule has 4 nitrogen and oxygen atoms in total. The van der Waals surface area contributed by atoms with E-state index in [2.05, 4.69) is 14.3 Å². The van der Waals surface area contributed by atoms with E-state index in [0.717, 1.165) is 15.1 Å². The van der Waals surface area contributed by atoms with Crippen molar-refractivity contribution >= 4 is 29.1 Å². The summed E-state index contributed by atoms with van der Waals surface area (Å²) < 4.78 is 4.99. The monoisotopic (exact) mass is 265 g/mol. The number of Topliss-reactive ketones (excluding diaryl/α,β-unsaturated/α-hetero) is 1. The van der Waals surface area contributed by atoms with Crippen LogP contribution >= 0.6 is 23.3 Å². The van der Waals surface area contributed by atoms with Crippen LogP contribution in [0.3, 0.4) is 0 Å². The van der Waals surface area contributed by atoms with Gasteiger partial charge in [-0.3, -0.25) is 9.78 Å². The van der Waals surface area contributed by atoms with Crippen LogP contribution in [-0.2, 0) is 0 Å². The molecular formula is C11H11N3OS2. The van der Waals surface area contributed by atoms with Crippen LogP contribution in [0, 0.1) is 6.92 Å². The lowest BCUT2D eigenvalue weighted by atomic mass is 10.2. The summed E-state index contributed by atoms with van der Waals surface area (Å²) in [6.07, 6.45) is 2.18. The van der Waals surface area contributed by atoms with E-state index in [1.165, 1.54) is 23.3 Å². The maximum atomic E-state index is 11.4. The summed E-state index contributed by atoms with van der Waals surface area (Å²) >= 11 is 2.87. The molecule has 0 N–H and O–H groups in total. The standard InChI is InChI=1S/C11H11N3OS2/c1-3-10(15)9-5-4-8(6-12-9)16-11-13-7(2)14-17-11/h4-6H,3H2,1-2H3. The fraction of sp³-hybridized carbons (Fsp3) is 0.273. The zero-order valence-corrected chi connectivity index (χ0v) is 11.1. The number of hydrogen-bond donors (Lipinski definition) is 0. The quantitative estimate of drug-likeness (QED) is 0.795. The summed E-state index contributed by atoms with van der Waals surface area (Å²) in [4.78, 5) is 20.8. The van der Waals surface area contributed by atoms with Gasteiger partial charge in [-0.05, 0) is 30.6 Å². The highest BCUT2D eigenvalue weighted by atomic mass is 32.2. The Bertz CT molecular complexity index is 522. The molecule has 0 spiro atoms. The molecule has 0 saturated carbocycles. The van der Waals surface area contributed by atoms with Gasteiger partial charge in [0.25, 0.3) is 0 Å². The summed E-state index contributed by atoms with van der Waals surface area (Å²) in [5.74, 6) is 0.844. The summed E-state index contributed by atoms with van der Waals surface area (Å²) in [5.41, 5.74) is 0.519. The molecule has 0 unspecified atom stereocenters. The highest BCUT2D eigenvalue weighted by Gasteiger charge is 2.06. The molecular weight excluding hydrogens is 254 g/mol. The first-order valence-corrected chi connectivity index (χ1v) is 6.75. The molecule has 0 aromatic carbocycles. The molecule has 0 bridgehead atoms. The van der Waals surface area contributed by atoms with Crippen LogP contribution in [0.4, 0.5) is 0 Å². The fourth-order valence-corrected chi connectivity index (χ4v) is 2.80. The van der Waals surface area contributed by atoms with Gasteiger partial charge in [-0.1, -0.05) is 18.7 Å². The lowest BCUT2D eigenvalue weighted by molar-refractivity contribution is 0.0983. The van der Waals surface area contributed by atoms with E-state index < -0.39 is 0 Å². The normalized spacial score (nSPS) is 10.5. The number of carbonyl (C=O) groups is 1. The number of aromatic nitrogens is 3. The first kappa shape index (κ1) is 12.2. The van der Waals surface area contributed by atoms with Gasteiger partial charge in [0.15, 0.2) is 10.1 Å². The fourth-order valence-electron chi connectivity index (χ4n) is 1.21. The molecule has 0 aliphatic rings. The molecule has 88 valence electrons. The van der Waals surface area contributed by atoms with E-state index in [1.54, 1.807) is 12.3 Å². The van der Waals surface area contributed by atoms with Gasteiger partial charge in [-0.2, -0.15) is 4.37 Å². The molecule has 0 aliphatic carbocycles. The van der Waals surface area contributed by atoms with Gasteiger partial charge in [0, 0.05) is 17.5 Å². The van der Waals surface area contributed by atoms with Gasteiger partial charge >= 0.3 is 0 Å². The SMILES string of the molecule is CCC(=O)c1ccc(Sc2nc(C)ns2)cn1. The average Bonchev–Trinajstić information content (AvgIpc) is 2.75. The van der Waals surface area contributed by atoms with Crippen LogP contribution in [0.2, 0.25) is 0 Å². The second kappa shape index (κ2) is 5.37. The molecule has 2 heterocycles. The maximum absolute atomic E-state index is 11.4. The third-order valence-electron chi connectivity index (χ3n) is 2.06. The minimum atomic E-state index is 0.0632. The van der Waals surface area contributed by atoms with Crippen molar-refractivity contribution in [1.29, 1.82) is 0 Å². The van der Waals surface area contributed by atoms with Gasteiger partial charge < -0.3 is 0 Å². The Morgan fingerprint density at radius 3 is 2.82 bits per heavy atom. The second-order valence-corrected chi connectivity index (χ2v) is 5.44. The Kier molecular flexibility index (Phi) is 3.86. The van der Waals surface area contributed by atoms with Crippen molar-refractivity contribution in [2.24, 2.45) is 0 Å². The van der Waals surface area contributed by atoms with Gasteiger partial charge in [0.2, 0.25) is 0 Å². The van der Waals surface area contributed by atoms with E-state index in [9.17, 15) is 4.79 Å². The predicted octanol–water partition coefficient (Wildman–Crippen LogP) is 2.99. The third kappa shape index (κ3) is 3.10. The Labute approximate surface area is 108 Å². The van der Waals surface area contributed by atoms with Crippen molar-refractivity contribution in [3.8, 4) is 0 Å². The zero-order valence-electron chi connectivity index (χ0n) is 9.51. The molecule has 17 heavy (non-hydrogen) atoms. The average molecular weight is 265 g/mol. The first-order valence-electron chi connectivity index (χ1n) is 5.16. The molecule has 0 amide bonds. The van der Waals surface area contributed by atoms with Crippen molar-refractivity contribution in [2.45, 2.75) is 29.5 Å². The van der Waals surface area contributed by atoms with Crippen LogP contribution in [0.5, 0.6) is 0 Å². The van der Waals surface area contributed by atoms with Crippen molar-refractivity contribution in [1.82, 2.24) is 14.3 Å². The lowest BCUT2D eigenvalue weighted by Crippen LogP contribution is -1.99. The largest absolute Gasteiger partial charge is 0.292 e. The van der Waals surface area contributed by atoms with Crippen molar-refractivity contribution in [2.75, 3.05) is 0 Å². The van der Waals surface area contributed by atoms with E-state index in [1.807, 2.05) is 19.9 Å². The summed E-state index contributed by atoms with van der Waals surface area (Å²) in [5, 5.41) is 0. The van der Waals surface area contributed by atoms with E-state index in [0.29, 0.717) is 12.1 Å². The number of rotatable bonds is 4. The van der Waals surface area contributed by atoms with Crippen molar-refractivity contribution in [3.63, 3.8) is 0 Å². The molecule has 2 aromatic heterocycles. The third-order valence-corrected chi connectivity index (χ3v) is 3.88. The van der Waals surface area contributed by atoms with Crippen LogP contribution in [-0.4, -0.2) is 20.1 Å². The molecule has 6 heteroatoms. The lowest BCUT2D eigenvalue weighted by Gasteiger charge is -1.99. The van der Waals surface area contributed by atoms with Crippen LogP contribution in [0.1, 0.15) is 29.7 Å².